The van der Waals surface area contributed by atoms with E-state index in [9.17, 15) is 10.2 Å². The molecule has 1 aromatic carbocycles. The molecule has 140 valence electrons. The van der Waals surface area contributed by atoms with Crippen molar-refractivity contribution in [1.29, 1.82) is 0 Å². The van der Waals surface area contributed by atoms with Gasteiger partial charge in [0.05, 0.1) is 0 Å². The van der Waals surface area contributed by atoms with E-state index in [0.717, 1.165) is 24.0 Å². The maximum Gasteiger partial charge on any atom is 0.123 e. The summed E-state index contributed by atoms with van der Waals surface area (Å²) in [6.07, 6.45) is 4.22. The number of hydrogen-bond acceptors (Lipinski definition) is 3. The number of aromatic hydroxyl groups is 2. The van der Waals surface area contributed by atoms with Crippen molar-refractivity contribution in [3.05, 3.63) is 57.3 Å². The van der Waals surface area contributed by atoms with Crippen molar-refractivity contribution in [1.82, 2.24) is 0 Å². The van der Waals surface area contributed by atoms with Crippen LogP contribution in [-0.2, 0) is 5.41 Å². The molecule has 1 aliphatic carbocycles. The lowest BCUT2D eigenvalue weighted by atomic mass is 9.70. The van der Waals surface area contributed by atoms with Crippen molar-refractivity contribution in [2.75, 3.05) is 0 Å². The minimum atomic E-state index is -0.249. The van der Waals surface area contributed by atoms with Crippen molar-refractivity contribution in [3.63, 3.8) is 0 Å². The normalized spacial score (nSPS) is 21.1. The van der Waals surface area contributed by atoms with Crippen molar-refractivity contribution in [2.24, 2.45) is 11.8 Å². The second-order valence-corrected chi connectivity index (χ2v) is 9.48. The molecule has 3 heteroatoms. The SMILES string of the molecule is CC1=CC[C@@H](C(C)C)[C@H](c2c(O)cc(C(C)(C)c3cccs3)cc2O)C1. The van der Waals surface area contributed by atoms with Crippen LogP contribution >= 0.6 is 11.3 Å². The van der Waals surface area contributed by atoms with Gasteiger partial charge < -0.3 is 10.2 Å². The molecule has 1 aromatic heterocycles. The summed E-state index contributed by atoms with van der Waals surface area (Å²) in [5.74, 6) is 1.57. The molecule has 2 aromatic rings. The Labute approximate surface area is 161 Å². The molecule has 0 fully saturated rings. The van der Waals surface area contributed by atoms with Crippen molar-refractivity contribution in [2.45, 2.75) is 58.8 Å². The average molecular weight is 371 g/mol. The summed E-state index contributed by atoms with van der Waals surface area (Å²) >= 11 is 1.70. The third-order valence-corrected chi connectivity index (χ3v) is 7.21. The van der Waals surface area contributed by atoms with E-state index in [1.54, 1.807) is 11.3 Å². The fourth-order valence-corrected chi connectivity index (χ4v) is 5.15. The summed E-state index contributed by atoms with van der Waals surface area (Å²) < 4.78 is 0. The Kier molecular flexibility index (Phi) is 5.21. The zero-order valence-electron chi connectivity index (χ0n) is 16.4. The number of hydrogen-bond donors (Lipinski definition) is 2. The average Bonchev–Trinajstić information content (AvgIpc) is 3.09. The molecule has 0 unspecified atom stereocenters. The van der Waals surface area contributed by atoms with E-state index in [1.807, 2.05) is 18.2 Å². The van der Waals surface area contributed by atoms with Gasteiger partial charge in [-0.3, -0.25) is 0 Å². The summed E-state index contributed by atoms with van der Waals surface area (Å²) in [6.45, 7) is 10.9. The van der Waals surface area contributed by atoms with Crippen LogP contribution in [0.2, 0.25) is 0 Å². The van der Waals surface area contributed by atoms with Gasteiger partial charge in [0, 0.05) is 15.9 Å². The molecule has 2 N–H and O–H groups in total. The number of thiophene rings is 1. The number of allylic oxidation sites excluding steroid dienone is 2. The third-order valence-electron chi connectivity index (χ3n) is 6.02. The van der Waals surface area contributed by atoms with Gasteiger partial charge in [-0.15, -0.1) is 11.3 Å². The Hall–Kier alpha value is -1.74. The molecule has 1 heterocycles. The zero-order valence-corrected chi connectivity index (χ0v) is 17.2. The van der Waals surface area contributed by atoms with Gasteiger partial charge in [0.15, 0.2) is 0 Å². The Morgan fingerprint density at radius 3 is 2.35 bits per heavy atom. The maximum atomic E-state index is 10.9. The predicted octanol–water partition coefficient (Wildman–Crippen LogP) is 6.58. The number of rotatable bonds is 4. The van der Waals surface area contributed by atoms with Gasteiger partial charge in [-0.25, -0.2) is 0 Å². The van der Waals surface area contributed by atoms with Crippen molar-refractivity contribution < 1.29 is 10.2 Å². The van der Waals surface area contributed by atoms with Crippen LogP contribution in [0, 0.1) is 11.8 Å². The van der Waals surface area contributed by atoms with Gasteiger partial charge in [0.1, 0.15) is 11.5 Å². The molecule has 26 heavy (non-hydrogen) atoms. The summed E-state index contributed by atoms with van der Waals surface area (Å²) in [5.41, 5.74) is 2.76. The van der Waals surface area contributed by atoms with Crippen molar-refractivity contribution in [3.8, 4) is 11.5 Å². The smallest absolute Gasteiger partial charge is 0.123 e. The topological polar surface area (TPSA) is 40.5 Å². The first kappa shape index (κ1) is 19.0. The first-order valence-electron chi connectivity index (χ1n) is 9.47. The standard InChI is InChI=1S/C23H30O2S/c1-14(2)17-9-8-15(3)11-18(17)22-19(24)12-16(13-20(22)25)23(4,5)21-7-6-10-26-21/h6-8,10,12-14,17-18,24-25H,9,11H2,1-5H3/t17-,18+/m0/s1. The highest BCUT2D eigenvalue weighted by Crippen LogP contribution is 2.49. The Morgan fingerprint density at radius 1 is 1.15 bits per heavy atom. The molecule has 0 saturated carbocycles. The lowest BCUT2D eigenvalue weighted by Crippen LogP contribution is -2.22. The highest BCUT2D eigenvalue weighted by atomic mass is 32.1. The molecular formula is C23H30O2S. The van der Waals surface area contributed by atoms with Crippen LogP contribution in [0.3, 0.4) is 0 Å². The molecule has 0 amide bonds. The largest absolute Gasteiger partial charge is 0.508 e. The van der Waals surface area contributed by atoms with E-state index in [1.165, 1.54) is 10.5 Å². The Balaban J connectivity index is 2.04. The maximum absolute atomic E-state index is 10.9. The molecule has 2 nitrogen and oxygen atoms in total. The van der Waals surface area contributed by atoms with Crippen LogP contribution in [0.5, 0.6) is 11.5 Å². The number of phenolic OH excluding ortho intramolecular Hbond substituents is 2. The highest BCUT2D eigenvalue weighted by Gasteiger charge is 2.34. The summed E-state index contributed by atoms with van der Waals surface area (Å²) in [5, 5.41) is 23.9. The van der Waals surface area contributed by atoms with Crippen LogP contribution in [0.15, 0.2) is 41.3 Å². The lowest BCUT2D eigenvalue weighted by Gasteiger charge is -2.35. The van der Waals surface area contributed by atoms with Gasteiger partial charge >= 0.3 is 0 Å². The minimum Gasteiger partial charge on any atom is -0.508 e. The summed E-state index contributed by atoms with van der Waals surface area (Å²) in [6, 6.07) is 7.87. The van der Waals surface area contributed by atoms with Gasteiger partial charge in [-0.2, -0.15) is 0 Å². The predicted molar refractivity (Wildman–Crippen MR) is 110 cm³/mol. The molecule has 0 saturated heterocycles. The number of phenols is 2. The van der Waals surface area contributed by atoms with E-state index in [-0.39, 0.29) is 22.8 Å². The van der Waals surface area contributed by atoms with Crippen LogP contribution < -0.4 is 0 Å². The molecule has 0 spiro atoms. The summed E-state index contributed by atoms with van der Waals surface area (Å²) in [7, 11) is 0. The molecule has 3 rings (SSSR count). The van der Waals surface area contributed by atoms with E-state index in [2.05, 4.69) is 52.1 Å². The van der Waals surface area contributed by atoms with Gasteiger partial charge in [-0.1, -0.05) is 45.4 Å². The molecule has 2 atom stereocenters. The molecule has 1 aliphatic rings. The van der Waals surface area contributed by atoms with Crippen LogP contribution in [0.25, 0.3) is 0 Å². The van der Waals surface area contributed by atoms with Crippen LogP contribution in [0.1, 0.15) is 69.4 Å². The van der Waals surface area contributed by atoms with Crippen LogP contribution in [0.4, 0.5) is 0 Å². The lowest BCUT2D eigenvalue weighted by molar-refractivity contribution is 0.292. The fourth-order valence-electron chi connectivity index (χ4n) is 4.28. The Bertz CT molecular complexity index is 777. The molecular weight excluding hydrogens is 340 g/mol. The monoisotopic (exact) mass is 370 g/mol. The first-order valence-corrected chi connectivity index (χ1v) is 10.4. The van der Waals surface area contributed by atoms with Gasteiger partial charge in [-0.05, 0) is 66.7 Å². The molecule has 0 bridgehead atoms. The summed E-state index contributed by atoms with van der Waals surface area (Å²) in [4.78, 5) is 1.22. The fraction of sp³-hybridized carbons (Fsp3) is 0.478. The minimum absolute atomic E-state index is 0.166. The highest BCUT2D eigenvalue weighted by molar-refractivity contribution is 7.10. The van der Waals surface area contributed by atoms with E-state index < -0.39 is 0 Å². The molecule has 0 radical (unpaired) electrons. The van der Waals surface area contributed by atoms with E-state index >= 15 is 0 Å². The van der Waals surface area contributed by atoms with E-state index in [0.29, 0.717) is 11.8 Å². The van der Waals surface area contributed by atoms with Gasteiger partial charge in [0.25, 0.3) is 0 Å². The molecule has 0 aliphatic heterocycles. The quantitative estimate of drug-likeness (QED) is 0.597. The number of benzene rings is 1. The third kappa shape index (κ3) is 3.42. The Morgan fingerprint density at radius 2 is 1.81 bits per heavy atom. The van der Waals surface area contributed by atoms with Crippen molar-refractivity contribution >= 4 is 11.3 Å². The van der Waals surface area contributed by atoms with Crippen LogP contribution in [-0.4, -0.2) is 10.2 Å². The first-order chi connectivity index (χ1) is 12.2. The second kappa shape index (κ2) is 7.11. The zero-order chi connectivity index (χ0) is 19.1. The van der Waals surface area contributed by atoms with E-state index in [4.69, 9.17) is 0 Å². The van der Waals surface area contributed by atoms with Gasteiger partial charge in [0.2, 0.25) is 0 Å². The second-order valence-electron chi connectivity index (χ2n) is 8.54.